The molecule has 0 amide bonds. The second-order valence-electron chi connectivity index (χ2n) is 3.14. The summed E-state index contributed by atoms with van der Waals surface area (Å²) in [5, 5.41) is 0.103. The van der Waals surface area contributed by atoms with Crippen LogP contribution in [0.3, 0.4) is 0 Å². The van der Waals surface area contributed by atoms with Gasteiger partial charge in [-0.25, -0.2) is 4.79 Å². The number of aromatic amines is 2. The Balaban J connectivity index is 2.89. The molecule has 0 fully saturated rings. The maximum absolute atomic E-state index is 11.5. The van der Waals surface area contributed by atoms with Gasteiger partial charge in [0.1, 0.15) is 0 Å². The van der Waals surface area contributed by atoms with E-state index in [1.54, 1.807) is 0 Å². The number of rotatable bonds is 2. The van der Waals surface area contributed by atoms with Gasteiger partial charge in [0.25, 0.3) is 5.56 Å². The maximum Gasteiger partial charge on any atom is 0.330 e. The van der Waals surface area contributed by atoms with Crippen LogP contribution < -0.4 is 11.2 Å². The molecule has 0 aromatic carbocycles. The first-order valence-electron chi connectivity index (χ1n) is 4.51. The largest absolute Gasteiger partial charge is 0.330 e. The SMILES string of the molecule is CCCn1c(=O)[nH]c(=O)c2[nH]c(Cl)nc21. The number of imidazole rings is 1. The molecule has 0 aliphatic heterocycles. The van der Waals surface area contributed by atoms with Crippen LogP contribution in [0.15, 0.2) is 9.59 Å². The zero-order chi connectivity index (χ0) is 11.0. The lowest BCUT2D eigenvalue weighted by atomic mass is 10.4. The second kappa shape index (κ2) is 3.54. The van der Waals surface area contributed by atoms with Crippen LogP contribution in [0.2, 0.25) is 5.28 Å². The Hall–Kier alpha value is -1.56. The summed E-state index contributed by atoms with van der Waals surface area (Å²) in [7, 11) is 0. The van der Waals surface area contributed by atoms with Crippen LogP contribution in [0.1, 0.15) is 13.3 Å². The molecule has 0 aliphatic rings. The summed E-state index contributed by atoms with van der Waals surface area (Å²) in [4.78, 5) is 31.5. The highest BCUT2D eigenvalue weighted by molar-refractivity contribution is 6.28. The van der Waals surface area contributed by atoms with E-state index in [1.807, 2.05) is 6.92 Å². The van der Waals surface area contributed by atoms with Crippen LogP contribution in [0, 0.1) is 0 Å². The Labute approximate surface area is 88.9 Å². The summed E-state index contributed by atoms with van der Waals surface area (Å²) in [5.41, 5.74) is -0.428. The molecule has 0 saturated carbocycles. The normalized spacial score (nSPS) is 11.1. The average Bonchev–Trinajstić information content (AvgIpc) is 2.55. The van der Waals surface area contributed by atoms with Crippen molar-refractivity contribution >= 4 is 22.8 Å². The van der Waals surface area contributed by atoms with E-state index in [0.717, 1.165) is 6.42 Å². The molecule has 0 atom stereocenters. The number of halogens is 1. The Morgan fingerprint density at radius 3 is 2.80 bits per heavy atom. The summed E-state index contributed by atoms with van der Waals surface area (Å²) in [6.07, 6.45) is 0.769. The van der Waals surface area contributed by atoms with Crippen molar-refractivity contribution in [2.24, 2.45) is 0 Å². The van der Waals surface area contributed by atoms with Crippen LogP contribution in [-0.4, -0.2) is 19.5 Å². The molecule has 80 valence electrons. The highest BCUT2D eigenvalue weighted by Gasteiger charge is 2.10. The predicted octanol–water partition coefficient (Wildman–Crippen LogP) is 0.476. The lowest BCUT2D eigenvalue weighted by molar-refractivity contribution is 0.652. The Morgan fingerprint density at radius 1 is 1.40 bits per heavy atom. The van der Waals surface area contributed by atoms with Crippen LogP contribution in [0.4, 0.5) is 0 Å². The van der Waals surface area contributed by atoms with Crippen molar-refractivity contribution in [1.82, 2.24) is 19.5 Å². The predicted molar refractivity (Wildman–Crippen MR) is 56.3 cm³/mol. The van der Waals surface area contributed by atoms with Gasteiger partial charge in [-0.15, -0.1) is 0 Å². The molecule has 0 radical (unpaired) electrons. The Bertz CT molecular complexity index is 609. The fourth-order valence-corrected chi connectivity index (χ4v) is 1.62. The maximum atomic E-state index is 11.5. The second-order valence-corrected chi connectivity index (χ2v) is 3.50. The van der Waals surface area contributed by atoms with Crippen molar-refractivity contribution in [2.45, 2.75) is 19.9 Å². The van der Waals surface area contributed by atoms with E-state index in [4.69, 9.17) is 11.6 Å². The van der Waals surface area contributed by atoms with Gasteiger partial charge >= 0.3 is 5.69 Å². The first-order valence-corrected chi connectivity index (χ1v) is 4.89. The summed E-state index contributed by atoms with van der Waals surface area (Å²) in [6, 6.07) is 0. The summed E-state index contributed by atoms with van der Waals surface area (Å²) in [5.74, 6) is 0. The van der Waals surface area contributed by atoms with Gasteiger partial charge in [0.05, 0.1) is 0 Å². The van der Waals surface area contributed by atoms with Crippen LogP contribution in [0.25, 0.3) is 11.2 Å². The van der Waals surface area contributed by atoms with E-state index < -0.39 is 11.2 Å². The molecule has 2 heterocycles. The third-order valence-corrected chi connectivity index (χ3v) is 2.23. The van der Waals surface area contributed by atoms with Gasteiger partial charge in [-0.2, -0.15) is 4.98 Å². The van der Waals surface area contributed by atoms with E-state index in [2.05, 4.69) is 15.0 Å². The van der Waals surface area contributed by atoms with Crippen molar-refractivity contribution in [2.75, 3.05) is 0 Å². The summed E-state index contributed by atoms with van der Waals surface area (Å²) < 4.78 is 1.39. The molecule has 6 nitrogen and oxygen atoms in total. The number of hydrogen-bond donors (Lipinski definition) is 2. The zero-order valence-electron chi connectivity index (χ0n) is 8.00. The van der Waals surface area contributed by atoms with Crippen LogP contribution >= 0.6 is 11.6 Å². The quantitative estimate of drug-likeness (QED) is 0.734. The molecule has 2 aromatic rings. The standard InChI is InChI=1S/C8H9ClN4O2/c1-2-3-13-5-4(10-7(9)11-5)6(14)12-8(13)15/h2-3H2,1H3,(H,10,11)(H,12,14,15). The minimum Gasteiger partial charge on any atom is -0.323 e. The molecule has 0 aliphatic carbocycles. The number of fused-ring (bicyclic) bond motifs is 1. The fourth-order valence-electron chi connectivity index (χ4n) is 1.44. The van der Waals surface area contributed by atoms with Crippen LogP contribution in [-0.2, 0) is 6.54 Å². The van der Waals surface area contributed by atoms with Gasteiger partial charge in [-0.1, -0.05) is 6.92 Å². The number of aromatic nitrogens is 4. The Morgan fingerprint density at radius 2 is 2.13 bits per heavy atom. The number of nitrogens with one attached hydrogen (secondary N) is 2. The molecule has 2 N–H and O–H groups in total. The van der Waals surface area contributed by atoms with Crippen molar-refractivity contribution in [3.8, 4) is 0 Å². The molecule has 0 saturated heterocycles. The monoisotopic (exact) mass is 228 g/mol. The fraction of sp³-hybridized carbons (Fsp3) is 0.375. The lowest BCUT2D eigenvalue weighted by Crippen LogP contribution is -2.30. The molecule has 2 aromatic heterocycles. The molecule has 0 spiro atoms. The first-order chi connectivity index (χ1) is 7.13. The smallest absolute Gasteiger partial charge is 0.323 e. The first kappa shape index (κ1) is 9.97. The number of hydrogen-bond acceptors (Lipinski definition) is 3. The molecular formula is C8H9ClN4O2. The molecule has 0 unspecified atom stereocenters. The van der Waals surface area contributed by atoms with Gasteiger partial charge in [0.15, 0.2) is 11.2 Å². The third kappa shape index (κ3) is 1.56. The van der Waals surface area contributed by atoms with Crippen molar-refractivity contribution in [3.05, 3.63) is 26.1 Å². The van der Waals surface area contributed by atoms with Gasteiger partial charge in [-0.3, -0.25) is 14.3 Å². The van der Waals surface area contributed by atoms with Gasteiger partial charge in [0, 0.05) is 6.54 Å². The molecule has 15 heavy (non-hydrogen) atoms. The number of H-pyrrole nitrogens is 2. The zero-order valence-corrected chi connectivity index (χ0v) is 8.76. The van der Waals surface area contributed by atoms with Gasteiger partial charge in [-0.05, 0) is 18.0 Å². The van der Waals surface area contributed by atoms with Crippen LogP contribution in [0.5, 0.6) is 0 Å². The topological polar surface area (TPSA) is 83.5 Å². The third-order valence-electron chi connectivity index (χ3n) is 2.05. The minimum absolute atomic E-state index is 0.103. The number of aryl methyl sites for hydroxylation is 1. The summed E-state index contributed by atoms with van der Waals surface area (Å²) >= 11 is 5.64. The summed E-state index contributed by atoms with van der Waals surface area (Å²) in [6.45, 7) is 2.42. The van der Waals surface area contributed by atoms with E-state index in [0.29, 0.717) is 12.2 Å². The van der Waals surface area contributed by atoms with Crippen molar-refractivity contribution < 1.29 is 0 Å². The Kier molecular flexibility index (Phi) is 2.36. The highest BCUT2D eigenvalue weighted by Crippen LogP contribution is 2.08. The molecular weight excluding hydrogens is 220 g/mol. The molecule has 2 rings (SSSR count). The van der Waals surface area contributed by atoms with E-state index in [9.17, 15) is 9.59 Å². The van der Waals surface area contributed by atoms with E-state index in [-0.39, 0.29) is 10.8 Å². The number of nitrogens with zero attached hydrogens (tertiary/aromatic N) is 2. The average molecular weight is 229 g/mol. The van der Waals surface area contributed by atoms with Crippen molar-refractivity contribution in [1.29, 1.82) is 0 Å². The highest BCUT2D eigenvalue weighted by atomic mass is 35.5. The van der Waals surface area contributed by atoms with Gasteiger partial charge < -0.3 is 4.98 Å². The molecule has 0 bridgehead atoms. The van der Waals surface area contributed by atoms with E-state index >= 15 is 0 Å². The van der Waals surface area contributed by atoms with Gasteiger partial charge in [0.2, 0.25) is 5.28 Å². The lowest BCUT2D eigenvalue weighted by Gasteiger charge is -2.02. The van der Waals surface area contributed by atoms with Crippen molar-refractivity contribution in [3.63, 3.8) is 0 Å². The van der Waals surface area contributed by atoms with E-state index in [1.165, 1.54) is 4.57 Å². The molecule has 7 heteroatoms. The minimum atomic E-state index is -0.498.